The molecule has 4 nitrogen and oxygen atoms in total. The van der Waals surface area contributed by atoms with Gasteiger partial charge in [-0.1, -0.05) is 19.0 Å². The number of hydrogen-bond acceptors (Lipinski definition) is 5. The molecule has 0 fully saturated rings. The third-order valence-corrected chi connectivity index (χ3v) is 3.49. The maximum Gasteiger partial charge on any atom is 0.234 e. The molecule has 0 unspecified atom stereocenters. The van der Waals surface area contributed by atoms with Crippen LogP contribution in [0, 0.1) is 0 Å². The van der Waals surface area contributed by atoms with E-state index >= 15 is 0 Å². The van der Waals surface area contributed by atoms with Crippen LogP contribution in [0.3, 0.4) is 0 Å². The number of hydrogen-bond donors (Lipinski definition) is 1. The summed E-state index contributed by atoms with van der Waals surface area (Å²) in [6.07, 6.45) is 3.88. The van der Waals surface area contributed by atoms with Crippen molar-refractivity contribution >= 4 is 11.8 Å². The molecule has 0 bridgehead atoms. The van der Waals surface area contributed by atoms with Gasteiger partial charge in [0, 0.05) is 6.54 Å². The molecule has 0 aliphatic heterocycles. The highest BCUT2D eigenvalue weighted by Gasteiger charge is 2.33. The quantitative estimate of drug-likeness (QED) is 0.807. The van der Waals surface area contributed by atoms with Crippen LogP contribution in [0.15, 0.2) is 4.52 Å². The Labute approximate surface area is 95.0 Å². The van der Waals surface area contributed by atoms with E-state index in [9.17, 15) is 0 Å². The van der Waals surface area contributed by atoms with Crippen LogP contribution in [-0.4, -0.2) is 22.9 Å². The molecular weight excluding hydrogens is 210 g/mol. The van der Waals surface area contributed by atoms with E-state index in [1.165, 1.54) is 0 Å². The van der Waals surface area contributed by atoms with E-state index in [2.05, 4.69) is 24.0 Å². The second-order valence-electron chi connectivity index (χ2n) is 3.64. The molecule has 0 aromatic carbocycles. The summed E-state index contributed by atoms with van der Waals surface area (Å²) in [5.74, 6) is 2.24. The summed E-state index contributed by atoms with van der Waals surface area (Å²) in [6, 6.07) is 0. The smallest absolute Gasteiger partial charge is 0.234 e. The highest BCUT2D eigenvalue weighted by atomic mass is 32.2. The number of aromatic nitrogens is 2. The summed E-state index contributed by atoms with van der Waals surface area (Å²) in [5.41, 5.74) is 5.68. The average molecular weight is 229 g/mol. The SMILES string of the molecule is CCC(CC)(CN)c1nc(CSC)no1. The molecule has 1 aromatic heterocycles. The van der Waals surface area contributed by atoms with E-state index in [1.54, 1.807) is 11.8 Å². The Bertz CT molecular complexity index is 288. The zero-order chi connectivity index (χ0) is 11.3. The molecule has 1 heterocycles. The van der Waals surface area contributed by atoms with Gasteiger partial charge >= 0.3 is 0 Å². The molecule has 1 rings (SSSR count). The van der Waals surface area contributed by atoms with E-state index in [0.29, 0.717) is 12.4 Å². The molecule has 0 atom stereocenters. The van der Waals surface area contributed by atoms with Crippen molar-refractivity contribution in [1.29, 1.82) is 0 Å². The zero-order valence-corrected chi connectivity index (χ0v) is 10.4. The van der Waals surface area contributed by atoms with Gasteiger partial charge in [0.1, 0.15) is 0 Å². The Morgan fingerprint density at radius 1 is 1.40 bits per heavy atom. The van der Waals surface area contributed by atoms with Crippen LogP contribution in [0.25, 0.3) is 0 Å². The van der Waals surface area contributed by atoms with Crippen molar-refractivity contribution in [2.24, 2.45) is 5.73 Å². The summed E-state index contributed by atoms with van der Waals surface area (Å²) in [7, 11) is 0. The summed E-state index contributed by atoms with van der Waals surface area (Å²) >= 11 is 1.69. The predicted molar refractivity (Wildman–Crippen MR) is 62.8 cm³/mol. The van der Waals surface area contributed by atoms with Crippen LogP contribution in [0.5, 0.6) is 0 Å². The average Bonchev–Trinajstić information content (AvgIpc) is 2.71. The molecule has 5 heteroatoms. The molecule has 0 aliphatic carbocycles. The van der Waals surface area contributed by atoms with Gasteiger partial charge in [0.2, 0.25) is 5.89 Å². The van der Waals surface area contributed by atoms with E-state index in [1.807, 2.05) is 6.26 Å². The van der Waals surface area contributed by atoms with Gasteiger partial charge in [-0.15, -0.1) is 0 Å². The molecule has 1 aromatic rings. The van der Waals surface area contributed by atoms with Crippen LogP contribution in [0.2, 0.25) is 0 Å². The molecule has 15 heavy (non-hydrogen) atoms. The molecule has 86 valence electrons. The lowest BCUT2D eigenvalue weighted by Crippen LogP contribution is -2.34. The molecule has 0 spiro atoms. The Morgan fingerprint density at radius 2 is 2.07 bits per heavy atom. The zero-order valence-electron chi connectivity index (χ0n) is 9.62. The van der Waals surface area contributed by atoms with Crippen molar-refractivity contribution in [3.05, 3.63) is 11.7 Å². The van der Waals surface area contributed by atoms with Crippen LogP contribution in [-0.2, 0) is 11.2 Å². The van der Waals surface area contributed by atoms with Gasteiger partial charge in [-0.2, -0.15) is 16.7 Å². The minimum atomic E-state index is -0.135. The van der Waals surface area contributed by atoms with Crippen molar-refractivity contribution in [3.8, 4) is 0 Å². The highest BCUT2D eigenvalue weighted by molar-refractivity contribution is 7.97. The second kappa shape index (κ2) is 5.51. The Balaban J connectivity index is 2.91. The van der Waals surface area contributed by atoms with Crippen molar-refractivity contribution in [3.63, 3.8) is 0 Å². The second-order valence-corrected chi connectivity index (χ2v) is 4.51. The lowest BCUT2D eigenvalue weighted by molar-refractivity contribution is 0.266. The fourth-order valence-electron chi connectivity index (χ4n) is 1.59. The number of nitrogens with zero attached hydrogens (tertiary/aromatic N) is 2. The first kappa shape index (κ1) is 12.5. The lowest BCUT2D eigenvalue weighted by atomic mass is 9.82. The maximum absolute atomic E-state index is 5.81. The third kappa shape index (κ3) is 2.52. The summed E-state index contributed by atoms with van der Waals surface area (Å²) in [5, 5.41) is 3.95. The van der Waals surface area contributed by atoms with Crippen molar-refractivity contribution in [2.75, 3.05) is 12.8 Å². The molecule has 0 saturated carbocycles. The van der Waals surface area contributed by atoms with Gasteiger partial charge in [-0.3, -0.25) is 0 Å². The molecule has 0 radical (unpaired) electrons. The van der Waals surface area contributed by atoms with Crippen LogP contribution < -0.4 is 5.73 Å². The Hall–Kier alpha value is -0.550. The molecular formula is C10H19N3OS. The van der Waals surface area contributed by atoms with Gasteiger partial charge in [0.25, 0.3) is 0 Å². The van der Waals surface area contributed by atoms with Gasteiger partial charge in [-0.05, 0) is 19.1 Å². The van der Waals surface area contributed by atoms with Gasteiger partial charge in [0.15, 0.2) is 5.82 Å². The molecule has 0 saturated heterocycles. The van der Waals surface area contributed by atoms with Gasteiger partial charge in [-0.25, -0.2) is 0 Å². The molecule has 2 N–H and O–H groups in total. The Kier molecular flexibility index (Phi) is 4.60. The largest absolute Gasteiger partial charge is 0.339 e. The van der Waals surface area contributed by atoms with Crippen LogP contribution in [0.1, 0.15) is 38.4 Å². The van der Waals surface area contributed by atoms with Gasteiger partial charge < -0.3 is 10.3 Å². The normalized spacial score (nSPS) is 12.0. The highest BCUT2D eigenvalue weighted by Crippen LogP contribution is 2.29. The number of nitrogens with two attached hydrogens (primary N) is 1. The van der Waals surface area contributed by atoms with Gasteiger partial charge in [0.05, 0.1) is 11.2 Å². The monoisotopic (exact) mass is 229 g/mol. The molecule has 0 amide bonds. The van der Waals surface area contributed by atoms with Crippen molar-refractivity contribution in [2.45, 2.75) is 37.9 Å². The maximum atomic E-state index is 5.81. The number of rotatable bonds is 6. The van der Waals surface area contributed by atoms with E-state index in [-0.39, 0.29) is 5.41 Å². The fourth-order valence-corrected chi connectivity index (χ4v) is 1.96. The summed E-state index contributed by atoms with van der Waals surface area (Å²) in [4.78, 5) is 4.41. The predicted octanol–water partition coefficient (Wildman–Crippen LogP) is 1.95. The first-order chi connectivity index (χ1) is 7.22. The molecule has 0 aliphatic rings. The van der Waals surface area contributed by atoms with E-state index in [4.69, 9.17) is 10.3 Å². The first-order valence-corrected chi connectivity index (χ1v) is 6.63. The standard InChI is InChI=1S/C10H19N3OS/c1-4-10(5-2,7-11)9-12-8(6-15-3)13-14-9/h4-7,11H2,1-3H3. The minimum absolute atomic E-state index is 0.135. The van der Waals surface area contributed by atoms with E-state index in [0.717, 1.165) is 24.4 Å². The first-order valence-electron chi connectivity index (χ1n) is 5.24. The summed E-state index contributed by atoms with van der Waals surface area (Å²) in [6.45, 7) is 4.77. The third-order valence-electron chi connectivity index (χ3n) is 2.94. The summed E-state index contributed by atoms with van der Waals surface area (Å²) < 4.78 is 5.30. The fraction of sp³-hybridized carbons (Fsp3) is 0.800. The van der Waals surface area contributed by atoms with Crippen LogP contribution >= 0.6 is 11.8 Å². The minimum Gasteiger partial charge on any atom is -0.339 e. The van der Waals surface area contributed by atoms with E-state index < -0.39 is 0 Å². The van der Waals surface area contributed by atoms with Crippen molar-refractivity contribution < 1.29 is 4.52 Å². The number of thioether (sulfide) groups is 1. The van der Waals surface area contributed by atoms with Crippen molar-refractivity contribution in [1.82, 2.24) is 10.1 Å². The lowest BCUT2D eigenvalue weighted by Gasteiger charge is -2.24. The Morgan fingerprint density at radius 3 is 2.53 bits per heavy atom. The van der Waals surface area contributed by atoms with Crippen LogP contribution in [0.4, 0.5) is 0 Å². The topological polar surface area (TPSA) is 64.9 Å².